The van der Waals surface area contributed by atoms with E-state index in [2.05, 4.69) is 11.2 Å². The highest BCUT2D eigenvalue weighted by Gasteiger charge is 2.12. The van der Waals surface area contributed by atoms with Gasteiger partial charge in [0.15, 0.2) is 0 Å². The van der Waals surface area contributed by atoms with Crippen LogP contribution in [0.5, 0.6) is 0 Å². The fraction of sp³-hybridized carbons (Fsp3) is 0.375. The Morgan fingerprint density at radius 1 is 1.30 bits per heavy atom. The second kappa shape index (κ2) is 7.34. The molecule has 0 radical (unpaired) electrons. The number of benzene rings is 1. The molecule has 20 heavy (non-hydrogen) atoms. The van der Waals surface area contributed by atoms with Crippen LogP contribution in [0.15, 0.2) is 12.1 Å². The molecule has 0 aliphatic carbocycles. The number of aryl methyl sites for hydroxylation is 1. The molecule has 2 N–H and O–H groups in total. The highest BCUT2D eigenvalue weighted by molar-refractivity contribution is 5.95. The third-order valence-corrected chi connectivity index (χ3v) is 3.16. The van der Waals surface area contributed by atoms with Crippen molar-refractivity contribution in [2.45, 2.75) is 39.5 Å². The first-order chi connectivity index (χ1) is 9.45. The molecule has 0 atom stereocenters. The lowest BCUT2D eigenvalue weighted by Crippen LogP contribution is -2.12. The molecule has 1 aromatic carbocycles. The lowest BCUT2D eigenvalue weighted by Gasteiger charge is -2.10. The van der Waals surface area contributed by atoms with Crippen molar-refractivity contribution in [2.75, 3.05) is 5.32 Å². The minimum Gasteiger partial charge on any atom is -0.478 e. The summed E-state index contributed by atoms with van der Waals surface area (Å²) in [6.07, 6.45) is 7.74. The summed E-state index contributed by atoms with van der Waals surface area (Å²) in [4.78, 5) is 22.9. The number of nitrogens with one attached hydrogen (secondary N) is 1. The monoisotopic (exact) mass is 273 g/mol. The van der Waals surface area contributed by atoms with E-state index in [4.69, 9.17) is 11.5 Å². The zero-order chi connectivity index (χ0) is 15.1. The van der Waals surface area contributed by atoms with E-state index < -0.39 is 5.97 Å². The highest BCUT2D eigenvalue weighted by Crippen LogP contribution is 2.20. The van der Waals surface area contributed by atoms with Crippen LogP contribution in [0.25, 0.3) is 0 Å². The first-order valence-corrected chi connectivity index (χ1v) is 6.53. The van der Waals surface area contributed by atoms with Gasteiger partial charge in [-0.25, -0.2) is 4.79 Å². The van der Waals surface area contributed by atoms with Crippen LogP contribution in [0.2, 0.25) is 0 Å². The van der Waals surface area contributed by atoms with Crippen LogP contribution in [0.1, 0.15) is 47.2 Å². The third kappa shape index (κ3) is 4.43. The number of aromatic carboxylic acids is 1. The Hall–Kier alpha value is -2.28. The largest absolute Gasteiger partial charge is 0.478 e. The number of hydrogen-bond donors (Lipinski definition) is 2. The first kappa shape index (κ1) is 15.8. The normalized spacial score (nSPS) is 9.85. The number of hydrogen-bond acceptors (Lipinski definition) is 2. The number of amides is 1. The Bertz CT molecular complexity index is 556. The van der Waals surface area contributed by atoms with Crippen LogP contribution in [0.4, 0.5) is 5.69 Å². The summed E-state index contributed by atoms with van der Waals surface area (Å²) in [7, 11) is 0. The fourth-order valence-corrected chi connectivity index (χ4v) is 1.89. The summed E-state index contributed by atoms with van der Waals surface area (Å²) in [5.74, 6) is 1.41. The molecule has 0 spiro atoms. The van der Waals surface area contributed by atoms with Crippen molar-refractivity contribution in [1.29, 1.82) is 0 Å². The van der Waals surface area contributed by atoms with Gasteiger partial charge in [-0.3, -0.25) is 4.79 Å². The van der Waals surface area contributed by atoms with Gasteiger partial charge in [0.25, 0.3) is 0 Å². The molecule has 0 unspecified atom stereocenters. The molecule has 0 heterocycles. The van der Waals surface area contributed by atoms with Crippen LogP contribution in [-0.4, -0.2) is 17.0 Å². The number of carbonyl (C=O) groups is 2. The lowest BCUT2D eigenvalue weighted by atomic mass is 10.0. The molecule has 0 aromatic heterocycles. The van der Waals surface area contributed by atoms with Crippen LogP contribution in [0, 0.1) is 26.2 Å². The van der Waals surface area contributed by atoms with E-state index in [1.807, 2.05) is 6.92 Å². The van der Waals surface area contributed by atoms with Gasteiger partial charge in [-0.15, -0.1) is 12.3 Å². The van der Waals surface area contributed by atoms with Crippen molar-refractivity contribution in [3.63, 3.8) is 0 Å². The Morgan fingerprint density at radius 3 is 2.60 bits per heavy atom. The number of terminal acetylenes is 1. The third-order valence-electron chi connectivity index (χ3n) is 3.16. The predicted molar refractivity (Wildman–Crippen MR) is 78.8 cm³/mol. The standard InChI is InChI=1S/C16H19NO3/c1-4-5-6-7-8-15(18)17-13-9-11(2)12(3)14(10-13)16(19)20/h1,9-10H,5-8H2,2-3H3,(H,17,18)(H,19,20). The van der Waals surface area contributed by atoms with Crippen LogP contribution >= 0.6 is 0 Å². The SMILES string of the molecule is C#CCCCCC(=O)Nc1cc(C)c(C)c(C(=O)O)c1. The molecule has 0 saturated carbocycles. The molecule has 0 aliphatic heterocycles. The lowest BCUT2D eigenvalue weighted by molar-refractivity contribution is -0.116. The summed E-state index contributed by atoms with van der Waals surface area (Å²) in [6.45, 7) is 3.58. The number of anilines is 1. The average Bonchev–Trinajstić information content (AvgIpc) is 2.38. The van der Waals surface area contributed by atoms with Crippen molar-refractivity contribution in [3.05, 3.63) is 28.8 Å². The van der Waals surface area contributed by atoms with Gasteiger partial charge in [0, 0.05) is 18.5 Å². The van der Waals surface area contributed by atoms with Gasteiger partial charge < -0.3 is 10.4 Å². The quantitative estimate of drug-likeness (QED) is 0.618. The second-order valence-corrected chi connectivity index (χ2v) is 4.73. The van der Waals surface area contributed by atoms with Crippen LogP contribution in [0.3, 0.4) is 0 Å². The first-order valence-electron chi connectivity index (χ1n) is 6.53. The van der Waals surface area contributed by atoms with Crippen molar-refractivity contribution in [1.82, 2.24) is 0 Å². The molecular formula is C16H19NO3. The van der Waals surface area contributed by atoms with E-state index in [-0.39, 0.29) is 11.5 Å². The number of carboxylic acid groups (broad SMARTS) is 1. The highest BCUT2D eigenvalue weighted by atomic mass is 16.4. The van der Waals surface area contributed by atoms with E-state index in [0.29, 0.717) is 24.1 Å². The van der Waals surface area contributed by atoms with Crippen molar-refractivity contribution in [2.24, 2.45) is 0 Å². The molecule has 0 fully saturated rings. The van der Waals surface area contributed by atoms with E-state index in [9.17, 15) is 9.59 Å². The van der Waals surface area contributed by atoms with Gasteiger partial charge in [0.05, 0.1) is 5.56 Å². The van der Waals surface area contributed by atoms with Crippen molar-refractivity contribution < 1.29 is 14.7 Å². The van der Waals surface area contributed by atoms with Crippen LogP contribution < -0.4 is 5.32 Å². The van der Waals surface area contributed by atoms with E-state index >= 15 is 0 Å². The summed E-state index contributed by atoms with van der Waals surface area (Å²) in [6, 6.07) is 3.27. The number of unbranched alkanes of at least 4 members (excludes halogenated alkanes) is 2. The van der Waals surface area contributed by atoms with Gasteiger partial charge in [0.2, 0.25) is 5.91 Å². The maximum absolute atomic E-state index is 11.7. The Kier molecular flexibility index (Phi) is 5.79. The summed E-state index contributed by atoms with van der Waals surface area (Å²) < 4.78 is 0. The second-order valence-electron chi connectivity index (χ2n) is 4.73. The molecule has 4 heteroatoms. The van der Waals surface area contributed by atoms with Gasteiger partial charge >= 0.3 is 5.97 Å². The molecular weight excluding hydrogens is 254 g/mol. The number of carboxylic acids is 1. The topological polar surface area (TPSA) is 66.4 Å². The molecule has 0 aliphatic rings. The van der Waals surface area contributed by atoms with Gasteiger partial charge in [-0.2, -0.15) is 0 Å². The Morgan fingerprint density at radius 2 is 2.00 bits per heavy atom. The predicted octanol–water partition coefficient (Wildman–Crippen LogP) is 3.13. The molecule has 0 saturated heterocycles. The Balaban J connectivity index is 2.71. The molecule has 0 bridgehead atoms. The zero-order valence-electron chi connectivity index (χ0n) is 11.8. The van der Waals surface area contributed by atoms with E-state index in [1.165, 1.54) is 6.07 Å². The average molecular weight is 273 g/mol. The molecule has 1 amide bonds. The molecule has 1 aromatic rings. The molecule has 4 nitrogen and oxygen atoms in total. The summed E-state index contributed by atoms with van der Waals surface area (Å²) in [5, 5.41) is 11.8. The van der Waals surface area contributed by atoms with E-state index in [1.54, 1.807) is 13.0 Å². The maximum atomic E-state index is 11.7. The number of rotatable bonds is 6. The van der Waals surface area contributed by atoms with Gasteiger partial charge in [-0.05, 0) is 49.9 Å². The molecule has 106 valence electrons. The van der Waals surface area contributed by atoms with Crippen LogP contribution in [-0.2, 0) is 4.79 Å². The zero-order valence-corrected chi connectivity index (χ0v) is 11.8. The smallest absolute Gasteiger partial charge is 0.336 e. The van der Waals surface area contributed by atoms with Gasteiger partial charge in [-0.1, -0.05) is 0 Å². The minimum absolute atomic E-state index is 0.124. The number of carbonyl (C=O) groups excluding carboxylic acids is 1. The molecule has 1 rings (SSSR count). The Labute approximate surface area is 119 Å². The minimum atomic E-state index is -0.990. The summed E-state index contributed by atoms with van der Waals surface area (Å²) in [5.41, 5.74) is 2.29. The van der Waals surface area contributed by atoms with Crippen molar-refractivity contribution in [3.8, 4) is 12.3 Å². The van der Waals surface area contributed by atoms with Crippen molar-refractivity contribution >= 4 is 17.6 Å². The fourth-order valence-electron chi connectivity index (χ4n) is 1.89. The van der Waals surface area contributed by atoms with E-state index in [0.717, 1.165) is 18.4 Å². The van der Waals surface area contributed by atoms with Gasteiger partial charge in [0.1, 0.15) is 0 Å². The summed E-state index contributed by atoms with van der Waals surface area (Å²) >= 11 is 0. The maximum Gasteiger partial charge on any atom is 0.336 e.